The lowest BCUT2D eigenvalue weighted by atomic mass is 9.89. The molecule has 2 fully saturated rings. The van der Waals surface area contributed by atoms with Crippen molar-refractivity contribution in [1.82, 2.24) is 4.98 Å². The molecule has 0 unspecified atom stereocenters. The molecular formula is C19H33N3O3+2. The summed E-state index contributed by atoms with van der Waals surface area (Å²) >= 11 is 0. The SMILES string of the molecule is CC(C)(C)c1nc(C[NH+]2CCOCC2)cc(C[NH+]2CCOCC2)c1O. The van der Waals surface area contributed by atoms with Crippen molar-refractivity contribution in [1.29, 1.82) is 0 Å². The van der Waals surface area contributed by atoms with Crippen molar-refractivity contribution in [3.8, 4) is 5.75 Å². The molecule has 0 atom stereocenters. The van der Waals surface area contributed by atoms with E-state index in [0.717, 1.165) is 82.6 Å². The summed E-state index contributed by atoms with van der Waals surface area (Å²) in [5.41, 5.74) is 2.76. The topological polar surface area (TPSA) is 60.5 Å². The zero-order valence-corrected chi connectivity index (χ0v) is 15.9. The Hall–Kier alpha value is -1.21. The van der Waals surface area contributed by atoms with Gasteiger partial charge in [-0.3, -0.25) is 0 Å². The van der Waals surface area contributed by atoms with E-state index in [0.29, 0.717) is 5.75 Å². The molecule has 6 nitrogen and oxygen atoms in total. The first kappa shape index (κ1) is 18.6. The van der Waals surface area contributed by atoms with Gasteiger partial charge in [0.05, 0.1) is 43.4 Å². The van der Waals surface area contributed by atoms with Crippen molar-refractivity contribution in [2.45, 2.75) is 39.3 Å². The summed E-state index contributed by atoms with van der Waals surface area (Å²) in [7, 11) is 0. The average molecular weight is 351 g/mol. The Balaban J connectivity index is 1.84. The van der Waals surface area contributed by atoms with Gasteiger partial charge in [-0.05, 0) is 6.07 Å². The summed E-state index contributed by atoms with van der Waals surface area (Å²) in [6.07, 6.45) is 0. The molecular weight excluding hydrogens is 318 g/mol. The first-order valence-corrected chi connectivity index (χ1v) is 9.48. The van der Waals surface area contributed by atoms with Crippen molar-refractivity contribution in [3.63, 3.8) is 0 Å². The third kappa shape index (κ3) is 4.91. The van der Waals surface area contributed by atoms with Crippen molar-refractivity contribution in [2.24, 2.45) is 0 Å². The predicted octanol–water partition coefficient (Wildman–Crippen LogP) is -1.09. The van der Waals surface area contributed by atoms with Gasteiger partial charge in [-0.15, -0.1) is 0 Å². The maximum absolute atomic E-state index is 10.9. The zero-order chi connectivity index (χ0) is 17.9. The molecule has 0 bridgehead atoms. The molecule has 0 spiro atoms. The van der Waals surface area contributed by atoms with Crippen LogP contribution in [0.4, 0.5) is 0 Å². The number of nitrogens with one attached hydrogen (secondary N) is 2. The number of aromatic hydroxyl groups is 1. The summed E-state index contributed by atoms with van der Waals surface area (Å²) < 4.78 is 10.9. The number of pyridine rings is 1. The van der Waals surface area contributed by atoms with Gasteiger partial charge in [0.2, 0.25) is 0 Å². The van der Waals surface area contributed by atoms with E-state index in [4.69, 9.17) is 14.5 Å². The van der Waals surface area contributed by atoms with Crippen LogP contribution in [-0.4, -0.2) is 62.7 Å². The number of nitrogens with zero attached hydrogens (tertiary/aromatic N) is 1. The second-order valence-electron chi connectivity index (χ2n) is 8.30. The molecule has 0 radical (unpaired) electrons. The smallest absolute Gasteiger partial charge is 0.146 e. The number of ether oxygens (including phenoxy) is 2. The van der Waals surface area contributed by atoms with Crippen LogP contribution in [-0.2, 0) is 28.0 Å². The molecule has 0 saturated carbocycles. The molecule has 2 aliphatic heterocycles. The second-order valence-corrected chi connectivity index (χ2v) is 8.30. The maximum atomic E-state index is 10.9. The third-order valence-electron chi connectivity index (χ3n) is 5.11. The van der Waals surface area contributed by atoms with E-state index < -0.39 is 0 Å². The minimum atomic E-state index is -0.171. The fraction of sp³-hybridized carbons (Fsp3) is 0.737. The molecule has 6 heteroatoms. The van der Waals surface area contributed by atoms with Crippen molar-refractivity contribution < 1.29 is 24.4 Å². The largest absolute Gasteiger partial charge is 0.505 e. The first-order chi connectivity index (χ1) is 11.9. The quantitative estimate of drug-likeness (QED) is 0.646. The highest BCUT2D eigenvalue weighted by atomic mass is 16.5. The predicted molar refractivity (Wildman–Crippen MR) is 95.0 cm³/mol. The number of quaternary nitrogens is 2. The van der Waals surface area contributed by atoms with Gasteiger partial charge in [0.15, 0.2) is 0 Å². The van der Waals surface area contributed by atoms with E-state index in [1.165, 1.54) is 9.80 Å². The molecule has 3 rings (SSSR count). The van der Waals surface area contributed by atoms with Gasteiger partial charge in [0, 0.05) is 5.41 Å². The zero-order valence-electron chi connectivity index (χ0n) is 15.9. The first-order valence-electron chi connectivity index (χ1n) is 9.48. The third-order valence-corrected chi connectivity index (χ3v) is 5.11. The van der Waals surface area contributed by atoms with Gasteiger partial charge in [0.25, 0.3) is 0 Å². The molecule has 140 valence electrons. The number of rotatable bonds is 4. The molecule has 3 heterocycles. The molecule has 1 aromatic rings. The minimum Gasteiger partial charge on any atom is -0.505 e. The summed E-state index contributed by atoms with van der Waals surface area (Å²) in [6.45, 7) is 15.4. The fourth-order valence-electron chi connectivity index (χ4n) is 3.60. The standard InChI is InChI=1S/C19H31N3O3/c1-19(2,3)18-17(23)15(13-21-4-8-24-9-5-21)12-16(20-18)14-22-6-10-25-11-7-22/h12,23H,4-11,13-14H2,1-3H3/p+2. The van der Waals surface area contributed by atoms with Gasteiger partial charge < -0.3 is 24.4 Å². The highest BCUT2D eigenvalue weighted by Gasteiger charge is 2.27. The van der Waals surface area contributed by atoms with E-state index in [1.54, 1.807) is 0 Å². The fourth-order valence-corrected chi connectivity index (χ4v) is 3.60. The molecule has 0 amide bonds. The highest BCUT2D eigenvalue weighted by molar-refractivity contribution is 5.40. The second kappa shape index (κ2) is 7.99. The number of hydrogen-bond acceptors (Lipinski definition) is 4. The van der Waals surface area contributed by atoms with Crippen molar-refractivity contribution >= 4 is 0 Å². The number of morpholine rings is 2. The molecule has 1 aromatic heterocycles. The average Bonchev–Trinajstić information content (AvgIpc) is 2.58. The molecule has 2 aliphatic rings. The Morgan fingerprint density at radius 2 is 1.48 bits per heavy atom. The molecule has 0 aliphatic carbocycles. The van der Waals surface area contributed by atoms with E-state index in [1.807, 2.05) is 0 Å². The Bertz CT molecular complexity index is 574. The van der Waals surface area contributed by atoms with E-state index in [-0.39, 0.29) is 5.41 Å². The van der Waals surface area contributed by atoms with Crippen LogP contribution in [0.15, 0.2) is 6.07 Å². The summed E-state index contributed by atoms with van der Waals surface area (Å²) in [5.74, 6) is 0.382. The highest BCUT2D eigenvalue weighted by Crippen LogP contribution is 2.31. The normalized spacial score (nSPS) is 20.8. The van der Waals surface area contributed by atoms with Crippen LogP contribution in [0.1, 0.15) is 37.7 Å². The maximum Gasteiger partial charge on any atom is 0.146 e. The lowest BCUT2D eigenvalue weighted by molar-refractivity contribution is -0.922. The Kier molecular flexibility index (Phi) is 5.94. The van der Waals surface area contributed by atoms with Gasteiger partial charge in [-0.2, -0.15) is 0 Å². The van der Waals surface area contributed by atoms with Crippen molar-refractivity contribution in [3.05, 3.63) is 23.0 Å². The van der Waals surface area contributed by atoms with E-state index in [2.05, 4.69) is 26.8 Å². The van der Waals surface area contributed by atoms with Crippen LogP contribution in [0.25, 0.3) is 0 Å². The molecule has 2 saturated heterocycles. The van der Waals surface area contributed by atoms with E-state index in [9.17, 15) is 5.11 Å². The lowest BCUT2D eigenvalue weighted by Gasteiger charge is -2.27. The van der Waals surface area contributed by atoms with Gasteiger partial charge >= 0.3 is 0 Å². The van der Waals surface area contributed by atoms with Crippen LogP contribution in [0, 0.1) is 0 Å². The lowest BCUT2D eigenvalue weighted by Crippen LogP contribution is -3.13. The van der Waals surface area contributed by atoms with Gasteiger partial charge in [-0.1, -0.05) is 20.8 Å². The van der Waals surface area contributed by atoms with Crippen LogP contribution in [0.5, 0.6) is 5.75 Å². The van der Waals surface area contributed by atoms with Crippen LogP contribution >= 0.6 is 0 Å². The van der Waals surface area contributed by atoms with Crippen molar-refractivity contribution in [2.75, 3.05) is 52.6 Å². The van der Waals surface area contributed by atoms with Crippen LogP contribution in [0.3, 0.4) is 0 Å². The Morgan fingerprint density at radius 3 is 2.00 bits per heavy atom. The summed E-state index contributed by atoms with van der Waals surface area (Å²) in [5, 5.41) is 10.9. The van der Waals surface area contributed by atoms with E-state index >= 15 is 0 Å². The number of aromatic nitrogens is 1. The monoisotopic (exact) mass is 351 g/mol. The molecule has 3 N–H and O–H groups in total. The van der Waals surface area contributed by atoms with Crippen LogP contribution in [0.2, 0.25) is 0 Å². The Labute approximate surface area is 150 Å². The summed E-state index contributed by atoms with van der Waals surface area (Å²) in [4.78, 5) is 7.82. The molecule has 0 aromatic carbocycles. The number of hydrogen-bond donors (Lipinski definition) is 3. The molecule has 25 heavy (non-hydrogen) atoms. The van der Waals surface area contributed by atoms with Gasteiger partial charge in [-0.25, -0.2) is 4.98 Å². The Morgan fingerprint density at radius 1 is 0.960 bits per heavy atom. The van der Waals surface area contributed by atoms with Gasteiger partial charge in [0.1, 0.15) is 45.0 Å². The summed E-state index contributed by atoms with van der Waals surface area (Å²) in [6, 6.07) is 2.12. The minimum absolute atomic E-state index is 0.171. The van der Waals surface area contributed by atoms with Crippen LogP contribution < -0.4 is 9.80 Å².